The van der Waals surface area contributed by atoms with Crippen LogP contribution in [0, 0.1) is 0 Å². The Labute approximate surface area is 182 Å². The molecule has 29 heavy (non-hydrogen) atoms. The summed E-state index contributed by atoms with van der Waals surface area (Å²) in [7, 11) is -3.49. The van der Waals surface area contributed by atoms with E-state index in [-0.39, 0.29) is 30.7 Å². The number of hydrogen-bond acceptors (Lipinski definition) is 7. The average molecular weight is 465 g/mol. The Morgan fingerprint density at radius 3 is 2.31 bits per heavy atom. The van der Waals surface area contributed by atoms with Gasteiger partial charge in [0.05, 0.1) is 0 Å². The monoisotopic (exact) mass is 464 g/mol. The zero-order valence-electron chi connectivity index (χ0n) is 16.2. The molecule has 1 N–H and O–H groups in total. The number of nitrogens with one attached hydrogen (secondary N) is 1. The second-order valence-corrected chi connectivity index (χ2v) is 9.59. The Balaban J connectivity index is 0.00000150. The van der Waals surface area contributed by atoms with Gasteiger partial charge in [0.15, 0.2) is 20.2 Å². The summed E-state index contributed by atoms with van der Waals surface area (Å²) in [5, 5.41) is 3.15. The van der Waals surface area contributed by atoms with Crippen LogP contribution < -0.4 is 10.2 Å². The predicted molar refractivity (Wildman–Crippen MR) is 117 cm³/mol. The Bertz CT molecular complexity index is 919. The van der Waals surface area contributed by atoms with Gasteiger partial charge in [-0.1, -0.05) is 12.1 Å². The van der Waals surface area contributed by atoms with Crippen molar-refractivity contribution in [1.29, 1.82) is 0 Å². The zero-order chi connectivity index (χ0) is 19.1. The number of aromatic nitrogens is 1. The molecule has 3 heterocycles. The van der Waals surface area contributed by atoms with E-state index < -0.39 is 14.6 Å². The first-order chi connectivity index (χ1) is 12.9. The van der Waals surface area contributed by atoms with Crippen molar-refractivity contribution in [2.24, 2.45) is 0 Å². The van der Waals surface area contributed by atoms with Crippen molar-refractivity contribution < 1.29 is 17.6 Å². The van der Waals surface area contributed by atoms with Gasteiger partial charge in [-0.05, 0) is 38.1 Å². The summed E-state index contributed by atoms with van der Waals surface area (Å²) in [4.78, 5) is 21.4. The Kier molecular flexibility index (Phi) is 7.42. The van der Waals surface area contributed by atoms with Gasteiger partial charge in [0.25, 0.3) is 6.01 Å². The van der Waals surface area contributed by atoms with Crippen LogP contribution in [0.1, 0.15) is 12.8 Å². The number of halogens is 2. The van der Waals surface area contributed by atoms with Crippen molar-refractivity contribution in [2.45, 2.75) is 17.6 Å². The largest absolute Gasteiger partial charge is 0.423 e. The summed E-state index contributed by atoms with van der Waals surface area (Å²) in [6.07, 6.45) is 1.84. The number of carbonyl (C=O) groups excluding carboxylic acids is 1. The summed E-state index contributed by atoms with van der Waals surface area (Å²) < 4.78 is 29.4. The molecule has 1 aromatic heterocycles. The van der Waals surface area contributed by atoms with E-state index in [1.807, 2.05) is 29.2 Å². The van der Waals surface area contributed by atoms with Crippen molar-refractivity contribution in [2.75, 3.05) is 50.4 Å². The van der Waals surface area contributed by atoms with E-state index >= 15 is 0 Å². The van der Waals surface area contributed by atoms with Crippen LogP contribution in [-0.2, 0) is 14.6 Å². The first-order valence-corrected chi connectivity index (χ1v) is 11.1. The number of piperidine rings is 1. The number of fused-ring (bicyclic) bond motifs is 1. The Morgan fingerprint density at radius 1 is 1.10 bits per heavy atom. The lowest BCUT2D eigenvalue weighted by Crippen LogP contribution is -2.61. The third-order valence-corrected chi connectivity index (χ3v) is 7.63. The molecule has 0 atom stereocenters. The van der Waals surface area contributed by atoms with E-state index in [0.717, 1.165) is 11.1 Å². The van der Waals surface area contributed by atoms with Crippen LogP contribution in [0.3, 0.4) is 0 Å². The van der Waals surface area contributed by atoms with Crippen molar-refractivity contribution in [3.05, 3.63) is 24.3 Å². The molecule has 0 unspecified atom stereocenters. The van der Waals surface area contributed by atoms with Crippen molar-refractivity contribution >= 4 is 57.7 Å². The molecule has 11 heteroatoms. The van der Waals surface area contributed by atoms with Gasteiger partial charge < -0.3 is 19.5 Å². The number of hydrogen-bond donors (Lipinski definition) is 1. The lowest BCUT2D eigenvalue weighted by Gasteiger charge is -2.41. The molecule has 1 aromatic carbocycles. The molecule has 162 valence electrons. The van der Waals surface area contributed by atoms with Crippen LogP contribution in [0.2, 0.25) is 0 Å². The minimum absolute atomic E-state index is 0. The first kappa shape index (κ1) is 23.7. The van der Waals surface area contributed by atoms with Crippen LogP contribution in [-0.4, -0.2) is 74.5 Å². The summed E-state index contributed by atoms with van der Waals surface area (Å²) in [5.74, 6) is -0.260. The lowest BCUT2D eigenvalue weighted by molar-refractivity contribution is -0.135. The molecule has 0 bridgehead atoms. The number of oxazole rings is 1. The second-order valence-electron chi connectivity index (χ2n) is 7.26. The fourth-order valence-electron chi connectivity index (χ4n) is 3.96. The van der Waals surface area contributed by atoms with Crippen molar-refractivity contribution in [3.63, 3.8) is 0 Å². The highest BCUT2D eigenvalue weighted by molar-refractivity contribution is 7.92. The number of para-hydroxylation sites is 2. The fourth-order valence-corrected chi connectivity index (χ4v) is 5.35. The summed E-state index contributed by atoms with van der Waals surface area (Å²) >= 11 is 0. The van der Waals surface area contributed by atoms with E-state index in [4.69, 9.17) is 4.42 Å². The molecule has 4 rings (SSSR count). The molecular formula is C18H26Cl2N4O4S. The number of anilines is 1. The Hall–Kier alpha value is -1.55. The lowest BCUT2D eigenvalue weighted by atomic mass is 9.95. The molecule has 2 saturated heterocycles. The third kappa shape index (κ3) is 4.33. The number of carbonyl (C=O) groups is 1. The van der Waals surface area contributed by atoms with Gasteiger partial charge in [-0.3, -0.25) is 4.79 Å². The van der Waals surface area contributed by atoms with E-state index in [1.54, 1.807) is 4.90 Å². The van der Waals surface area contributed by atoms with Crippen LogP contribution in [0.4, 0.5) is 6.01 Å². The molecule has 2 aliphatic rings. The molecule has 2 fully saturated rings. The van der Waals surface area contributed by atoms with Gasteiger partial charge in [0.1, 0.15) is 5.52 Å². The summed E-state index contributed by atoms with van der Waals surface area (Å²) in [6.45, 7) is 3.14. The molecule has 0 radical (unpaired) electrons. The first-order valence-electron chi connectivity index (χ1n) is 9.21. The molecule has 0 spiro atoms. The number of rotatable bonds is 3. The minimum Gasteiger partial charge on any atom is -0.423 e. The number of sulfone groups is 1. The number of piperazine rings is 1. The topological polar surface area (TPSA) is 95.8 Å². The van der Waals surface area contributed by atoms with E-state index in [0.29, 0.717) is 58.1 Å². The van der Waals surface area contributed by atoms with Crippen LogP contribution in [0.15, 0.2) is 28.7 Å². The van der Waals surface area contributed by atoms with Gasteiger partial charge in [-0.2, -0.15) is 4.98 Å². The Morgan fingerprint density at radius 2 is 1.72 bits per heavy atom. The van der Waals surface area contributed by atoms with Gasteiger partial charge >= 0.3 is 0 Å². The summed E-state index contributed by atoms with van der Waals surface area (Å²) in [6, 6.07) is 8.13. The molecular weight excluding hydrogens is 439 g/mol. The van der Waals surface area contributed by atoms with Crippen molar-refractivity contribution in [3.8, 4) is 0 Å². The van der Waals surface area contributed by atoms with Crippen LogP contribution >= 0.6 is 24.8 Å². The summed E-state index contributed by atoms with van der Waals surface area (Å²) in [5.41, 5.74) is 1.54. The predicted octanol–water partition coefficient (Wildman–Crippen LogP) is 1.49. The molecule has 2 aromatic rings. The van der Waals surface area contributed by atoms with E-state index in [1.165, 1.54) is 6.26 Å². The van der Waals surface area contributed by atoms with E-state index in [9.17, 15) is 13.2 Å². The normalized spacial score (nSPS) is 19.3. The van der Waals surface area contributed by atoms with E-state index in [2.05, 4.69) is 10.3 Å². The fraction of sp³-hybridized carbons (Fsp3) is 0.556. The molecule has 8 nitrogen and oxygen atoms in total. The maximum Gasteiger partial charge on any atom is 0.298 e. The highest BCUT2D eigenvalue weighted by atomic mass is 35.5. The van der Waals surface area contributed by atoms with Crippen LogP contribution in [0.5, 0.6) is 0 Å². The maximum absolute atomic E-state index is 13.2. The number of amides is 1. The quantitative estimate of drug-likeness (QED) is 0.734. The van der Waals surface area contributed by atoms with Gasteiger partial charge in [-0.15, -0.1) is 24.8 Å². The molecule has 0 saturated carbocycles. The maximum atomic E-state index is 13.2. The highest BCUT2D eigenvalue weighted by Gasteiger charge is 2.50. The third-order valence-electron chi connectivity index (χ3n) is 5.63. The number of benzene rings is 1. The molecule has 0 aliphatic carbocycles. The average Bonchev–Trinajstić information content (AvgIpc) is 3.11. The standard InChI is InChI=1S/C18H24N4O4S.2ClH/c1-27(24,25)18(6-8-19-9-7-18)16(23)21-10-12-22(13-11-21)17-20-14-4-2-3-5-15(14)26-17;;/h2-5,19H,6-13H2,1H3;2*1H. The van der Waals surface area contributed by atoms with Gasteiger partial charge in [0, 0.05) is 32.4 Å². The van der Waals surface area contributed by atoms with Gasteiger partial charge in [0.2, 0.25) is 5.91 Å². The minimum atomic E-state index is -3.49. The van der Waals surface area contributed by atoms with Gasteiger partial charge in [-0.25, -0.2) is 8.42 Å². The number of nitrogens with zero attached hydrogens (tertiary/aromatic N) is 3. The molecule has 1 amide bonds. The molecule has 2 aliphatic heterocycles. The smallest absolute Gasteiger partial charge is 0.298 e. The van der Waals surface area contributed by atoms with Crippen molar-refractivity contribution in [1.82, 2.24) is 15.2 Å². The zero-order valence-corrected chi connectivity index (χ0v) is 18.6. The SMILES string of the molecule is CS(=O)(=O)C1(C(=O)N2CCN(c3nc4ccccc4o3)CC2)CCNCC1.Cl.Cl. The van der Waals surface area contributed by atoms with Crippen LogP contribution in [0.25, 0.3) is 11.1 Å². The highest BCUT2D eigenvalue weighted by Crippen LogP contribution is 2.31. The second kappa shape index (κ2) is 9.07.